The summed E-state index contributed by atoms with van der Waals surface area (Å²) in [7, 11) is 1.95. The van der Waals surface area contributed by atoms with E-state index in [-0.39, 0.29) is 5.92 Å². The monoisotopic (exact) mass is 293 g/mol. The van der Waals surface area contributed by atoms with Gasteiger partial charge >= 0.3 is 0 Å². The van der Waals surface area contributed by atoms with Gasteiger partial charge in [-0.25, -0.2) is 9.97 Å². The minimum atomic E-state index is 0.246. The van der Waals surface area contributed by atoms with Gasteiger partial charge in [0.05, 0.1) is 5.69 Å². The van der Waals surface area contributed by atoms with Gasteiger partial charge in [-0.05, 0) is 13.8 Å². The van der Waals surface area contributed by atoms with Gasteiger partial charge in [-0.3, -0.25) is 4.68 Å². The van der Waals surface area contributed by atoms with Gasteiger partial charge in [0, 0.05) is 36.8 Å². The van der Waals surface area contributed by atoms with E-state index >= 15 is 0 Å². The molecule has 2 rings (SSSR count). The lowest BCUT2D eigenvalue weighted by Crippen LogP contribution is -2.07. The molecule has 2 heterocycles. The normalized spacial score (nSPS) is 11.2. The molecule has 0 aliphatic carbocycles. The van der Waals surface area contributed by atoms with E-state index in [1.165, 1.54) is 5.56 Å². The van der Waals surface area contributed by atoms with Crippen molar-refractivity contribution in [1.29, 1.82) is 0 Å². The van der Waals surface area contributed by atoms with E-state index in [0.717, 1.165) is 23.0 Å². The molecule has 2 aromatic rings. The SMILES string of the molecule is Cc1nn(C)c(C)c1CNc1cc(Cl)nc(C(C)C)n1. The first-order valence-electron chi connectivity index (χ1n) is 6.66. The lowest BCUT2D eigenvalue weighted by Gasteiger charge is -2.10. The standard InChI is InChI=1S/C14H20ClN5/c1-8(2)14-17-12(15)6-13(18-14)16-7-11-9(3)19-20(5)10(11)4/h6,8H,7H2,1-5H3,(H,16,17,18). The summed E-state index contributed by atoms with van der Waals surface area (Å²) in [5.74, 6) is 1.74. The van der Waals surface area contributed by atoms with Crippen molar-refractivity contribution in [3.63, 3.8) is 0 Å². The van der Waals surface area contributed by atoms with Crippen molar-refractivity contribution in [3.8, 4) is 0 Å². The topological polar surface area (TPSA) is 55.6 Å². The van der Waals surface area contributed by atoms with Crippen molar-refractivity contribution in [1.82, 2.24) is 19.7 Å². The molecule has 1 N–H and O–H groups in total. The fourth-order valence-electron chi connectivity index (χ4n) is 2.04. The number of nitrogens with one attached hydrogen (secondary N) is 1. The lowest BCUT2D eigenvalue weighted by atomic mass is 10.2. The molecule has 0 saturated carbocycles. The first-order valence-corrected chi connectivity index (χ1v) is 7.03. The highest BCUT2D eigenvalue weighted by Crippen LogP contribution is 2.19. The Morgan fingerprint density at radius 3 is 2.55 bits per heavy atom. The van der Waals surface area contributed by atoms with E-state index in [1.807, 2.05) is 32.5 Å². The largest absolute Gasteiger partial charge is 0.366 e. The number of nitrogens with zero attached hydrogens (tertiary/aromatic N) is 4. The summed E-state index contributed by atoms with van der Waals surface area (Å²) in [6.45, 7) is 8.84. The zero-order valence-electron chi connectivity index (χ0n) is 12.5. The summed E-state index contributed by atoms with van der Waals surface area (Å²) in [6.07, 6.45) is 0. The summed E-state index contributed by atoms with van der Waals surface area (Å²) >= 11 is 6.03. The number of anilines is 1. The molecule has 0 fully saturated rings. The van der Waals surface area contributed by atoms with Crippen molar-refractivity contribution in [2.24, 2.45) is 7.05 Å². The Labute approximate surface area is 124 Å². The second-order valence-electron chi connectivity index (χ2n) is 5.22. The van der Waals surface area contributed by atoms with Gasteiger partial charge in [-0.1, -0.05) is 25.4 Å². The van der Waals surface area contributed by atoms with Crippen LogP contribution in [0, 0.1) is 13.8 Å². The van der Waals surface area contributed by atoms with Crippen molar-refractivity contribution >= 4 is 17.4 Å². The minimum Gasteiger partial charge on any atom is -0.366 e. The molecule has 6 heteroatoms. The highest BCUT2D eigenvalue weighted by atomic mass is 35.5. The summed E-state index contributed by atoms with van der Waals surface area (Å²) in [5.41, 5.74) is 3.37. The Bertz CT molecular complexity index is 618. The molecule has 0 saturated heterocycles. The third-order valence-electron chi connectivity index (χ3n) is 3.33. The van der Waals surface area contributed by atoms with Crippen molar-refractivity contribution in [3.05, 3.63) is 34.0 Å². The Balaban J connectivity index is 2.18. The van der Waals surface area contributed by atoms with E-state index < -0.39 is 0 Å². The lowest BCUT2D eigenvalue weighted by molar-refractivity contribution is 0.730. The summed E-state index contributed by atoms with van der Waals surface area (Å²) < 4.78 is 1.89. The average molecular weight is 294 g/mol. The van der Waals surface area contributed by atoms with Gasteiger partial charge in [-0.2, -0.15) is 5.10 Å². The molecular weight excluding hydrogens is 274 g/mol. The maximum atomic E-state index is 6.03. The molecule has 0 radical (unpaired) electrons. The van der Waals surface area contributed by atoms with E-state index in [0.29, 0.717) is 11.7 Å². The van der Waals surface area contributed by atoms with Crippen LogP contribution in [0.3, 0.4) is 0 Å². The Morgan fingerprint density at radius 2 is 2.00 bits per heavy atom. The number of aryl methyl sites for hydroxylation is 2. The Morgan fingerprint density at radius 1 is 1.30 bits per heavy atom. The number of halogens is 1. The second kappa shape index (κ2) is 5.79. The quantitative estimate of drug-likeness (QED) is 0.880. The molecule has 0 bridgehead atoms. The first-order chi connectivity index (χ1) is 9.38. The fraction of sp³-hybridized carbons (Fsp3) is 0.500. The average Bonchev–Trinajstić information content (AvgIpc) is 2.60. The zero-order chi connectivity index (χ0) is 14.9. The van der Waals surface area contributed by atoms with Crippen molar-refractivity contribution in [2.75, 3.05) is 5.32 Å². The third kappa shape index (κ3) is 3.10. The van der Waals surface area contributed by atoms with Gasteiger partial charge in [-0.15, -0.1) is 0 Å². The Kier molecular flexibility index (Phi) is 4.28. The smallest absolute Gasteiger partial charge is 0.135 e. The van der Waals surface area contributed by atoms with Crippen LogP contribution in [0.1, 0.15) is 42.5 Å². The summed E-state index contributed by atoms with van der Waals surface area (Å²) in [6, 6.07) is 1.74. The summed E-state index contributed by atoms with van der Waals surface area (Å²) in [4.78, 5) is 8.71. The second-order valence-corrected chi connectivity index (χ2v) is 5.60. The molecule has 0 amide bonds. The Hall–Kier alpha value is -1.62. The molecule has 0 unspecified atom stereocenters. The highest BCUT2D eigenvalue weighted by molar-refractivity contribution is 6.29. The van der Waals surface area contributed by atoms with Crippen LogP contribution in [0.2, 0.25) is 5.15 Å². The van der Waals surface area contributed by atoms with Crippen LogP contribution in [-0.4, -0.2) is 19.7 Å². The molecule has 5 nitrogen and oxygen atoms in total. The predicted octanol–water partition coefficient (Wildman–Crippen LogP) is 3.22. The fourth-order valence-corrected chi connectivity index (χ4v) is 2.23. The van der Waals surface area contributed by atoms with Crippen molar-refractivity contribution in [2.45, 2.75) is 40.2 Å². The summed E-state index contributed by atoms with van der Waals surface area (Å²) in [5, 5.41) is 8.17. The number of hydrogen-bond donors (Lipinski definition) is 1. The van der Waals surface area contributed by atoms with Gasteiger partial charge in [0.2, 0.25) is 0 Å². The van der Waals surface area contributed by atoms with Crippen LogP contribution in [-0.2, 0) is 13.6 Å². The van der Waals surface area contributed by atoms with E-state index in [1.54, 1.807) is 6.07 Å². The van der Waals surface area contributed by atoms with Crippen LogP contribution < -0.4 is 5.32 Å². The number of aromatic nitrogens is 4. The van der Waals surface area contributed by atoms with Gasteiger partial charge in [0.1, 0.15) is 16.8 Å². The predicted molar refractivity (Wildman–Crippen MR) is 81.1 cm³/mol. The number of hydrogen-bond acceptors (Lipinski definition) is 4. The van der Waals surface area contributed by atoms with E-state index in [4.69, 9.17) is 11.6 Å². The van der Waals surface area contributed by atoms with Crippen LogP contribution in [0.4, 0.5) is 5.82 Å². The minimum absolute atomic E-state index is 0.246. The van der Waals surface area contributed by atoms with Crippen LogP contribution in [0.25, 0.3) is 0 Å². The van der Waals surface area contributed by atoms with Crippen LogP contribution >= 0.6 is 11.6 Å². The third-order valence-corrected chi connectivity index (χ3v) is 3.53. The maximum Gasteiger partial charge on any atom is 0.135 e. The molecule has 2 aromatic heterocycles. The molecule has 0 aromatic carbocycles. The molecule has 0 spiro atoms. The molecule has 0 aliphatic rings. The zero-order valence-corrected chi connectivity index (χ0v) is 13.3. The van der Waals surface area contributed by atoms with Gasteiger partial charge in [0.25, 0.3) is 0 Å². The molecule has 108 valence electrons. The van der Waals surface area contributed by atoms with Crippen LogP contribution in [0.5, 0.6) is 0 Å². The van der Waals surface area contributed by atoms with Gasteiger partial charge < -0.3 is 5.32 Å². The van der Waals surface area contributed by atoms with Crippen LogP contribution in [0.15, 0.2) is 6.07 Å². The molecule has 0 aliphatic heterocycles. The molecule has 0 atom stereocenters. The van der Waals surface area contributed by atoms with Gasteiger partial charge in [0.15, 0.2) is 0 Å². The molecule has 20 heavy (non-hydrogen) atoms. The number of rotatable bonds is 4. The maximum absolute atomic E-state index is 6.03. The van der Waals surface area contributed by atoms with E-state index in [2.05, 4.69) is 27.3 Å². The first kappa shape index (κ1) is 14.8. The molecular formula is C14H20ClN5. The highest BCUT2D eigenvalue weighted by Gasteiger charge is 2.11. The van der Waals surface area contributed by atoms with Crippen molar-refractivity contribution < 1.29 is 0 Å². The van der Waals surface area contributed by atoms with E-state index in [9.17, 15) is 0 Å².